The van der Waals surface area contributed by atoms with E-state index in [-0.39, 0.29) is 4.90 Å². The molecule has 0 atom stereocenters. The molecule has 2 amide bonds. The average molecular weight is 231 g/mol. The summed E-state index contributed by atoms with van der Waals surface area (Å²) in [6.07, 6.45) is 0. The summed E-state index contributed by atoms with van der Waals surface area (Å²) < 4.78 is 30.0. The lowest BCUT2D eigenvalue weighted by Gasteiger charge is -2.04. The molecule has 0 bridgehead atoms. The summed E-state index contributed by atoms with van der Waals surface area (Å²) in [5.41, 5.74) is 2.19. The quantitative estimate of drug-likeness (QED) is 0.245. The maximum Gasteiger partial charge on any atom is 0.333 e. The van der Waals surface area contributed by atoms with Crippen molar-refractivity contribution in [2.45, 2.75) is 4.90 Å². The molecule has 0 aromatic heterocycles. The molecule has 82 valence electrons. The summed E-state index contributed by atoms with van der Waals surface area (Å²) in [6, 6.07) is 4.31. The van der Waals surface area contributed by atoms with Crippen LogP contribution in [0.15, 0.2) is 29.2 Å². The molecular weight excluding hydrogens is 222 g/mol. The van der Waals surface area contributed by atoms with Gasteiger partial charge >= 0.3 is 6.03 Å². The highest BCUT2D eigenvalue weighted by Crippen LogP contribution is 2.13. The largest absolute Gasteiger partial charge is 0.333 e. The number of nitrogens with two attached hydrogens (primary N) is 1. The van der Waals surface area contributed by atoms with Crippen molar-refractivity contribution in [1.29, 1.82) is 0 Å². The van der Waals surface area contributed by atoms with Gasteiger partial charge in [0.25, 0.3) is 10.1 Å². The Morgan fingerprint density at radius 1 is 1.27 bits per heavy atom. The molecule has 0 saturated carbocycles. The number of anilines is 1. The van der Waals surface area contributed by atoms with Crippen LogP contribution < -0.4 is 16.6 Å². The van der Waals surface area contributed by atoms with Gasteiger partial charge in [-0.05, 0) is 24.3 Å². The predicted octanol–water partition coefficient (Wildman–Crippen LogP) is -0.0715. The van der Waals surface area contributed by atoms with Gasteiger partial charge < -0.3 is 5.32 Å². The molecule has 0 aliphatic rings. The summed E-state index contributed by atoms with van der Waals surface area (Å²) in [7, 11) is -4.21. The summed E-state index contributed by atoms with van der Waals surface area (Å²) in [5, 5.41) is 2.32. The molecule has 0 fully saturated rings. The van der Waals surface area contributed by atoms with Crippen LogP contribution in [0, 0.1) is 0 Å². The van der Waals surface area contributed by atoms with Crippen molar-refractivity contribution in [1.82, 2.24) is 5.43 Å². The first kappa shape index (κ1) is 11.4. The molecule has 0 spiro atoms. The number of hydrazine groups is 1. The Kier molecular flexibility index (Phi) is 3.24. The highest BCUT2D eigenvalue weighted by Gasteiger charge is 2.08. The molecule has 7 nitrogen and oxygen atoms in total. The molecule has 0 unspecified atom stereocenters. The first-order valence-electron chi connectivity index (χ1n) is 3.78. The fraction of sp³-hybridized carbons (Fsp3) is 0. The van der Waals surface area contributed by atoms with Crippen molar-refractivity contribution in [2.24, 2.45) is 5.84 Å². The summed E-state index contributed by atoms with van der Waals surface area (Å²) in [4.78, 5) is 10.5. The maximum absolute atomic E-state index is 10.7. The minimum Gasteiger partial charge on any atom is -0.307 e. The van der Waals surface area contributed by atoms with Crippen molar-refractivity contribution in [3.05, 3.63) is 24.3 Å². The number of hydrogen-bond acceptors (Lipinski definition) is 4. The second kappa shape index (κ2) is 4.26. The van der Waals surface area contributed by atoms with Gasteiger partial charge in [0.05, 0.1) is 4.90 Å². The van der Waals surface area contributed by atoms with E-state index in [1.165, 1.54) is 12.1 Å². The predicted molar refractivity (Wildman–Crippen MR) is 52.6 cm³/mol. The van der Waals surface area contributed by atoms with Gasteiger partial charge in [-0.3, -0.25) is 9.98 Å². The molecule has 0 aliphatic carbocycles. The van der Waals surface area contributed by atoms with Crippen LogP contribution in [0.1, 0.15) is 0 Å². The van der Waals surface area contributed by atoms with Crippen molar-refractivity contribution < 1.29 is 17.8 Å². The lowest BCUT2D eigenvalue weighted by Crippen LogP contribution is -2.34. The molecule has 0 saturated heterocycles. The molecular formula is C7H9N3O4S. The van der Waals surface area contributed by atoms with E-state index < -0.39 is 16.1 Å². The van der Waals surface area contributed by atoms with Gasteiger partial charge in [-0.25, -0.2) is 10.6 Å². The number of benzene rings is 1. The smallest absolute Gasteiger partial charge is 0.307 e. The van der Waals surface area contributed by atoms with E-state index in [0.29, 0.717) is 5.69 Å². The average Bonchev–Trinajstić information content (AvgIpc) is 2.17. The van der Waals surface area contributed by atoms with Crippen LogP contribution in [0.4, 0.5) is 10.5 Å². The number of amides is 2. The second-order valence-electron chi connectivity index (χ2n) is 2.60. The van der Waals surface area contributed by atoms with Crippen molar-refractivity contribution >= 4 is 21.8 Å². The Bertz CT molecular complexity index is 454. The van der Waals surface area contributed by atoms with Crippen molar-refractivity contribution in [3.8, 4) is 0 Å². The zero-order valence-electron chi connectivity index (χ0n) is 7.47. The molecule has 0 radical (unpaired) electrons. The molecule has 1 aromatic carbocycles. The van der Waals surface area contributed by atoms with Gasteiger partial charge in [0.15, 0.2) is 0 Å². The SMILES string of the molecule is NNC(=O)Nc1ccc(S(=O)(=O)O)cc1. The highest BCUT2D eigenvalue weighted by atomic mass is 32.2. The van der Waals surface area contributed by atoms with Crippen LogP contribution >= 0.6 is 0 Å². The second-order valence-corrected chi connectivity index (χ2v) is 4.02. The van der Waals surface area contributed by atoms with E-state index in [1.54, 1.807) is 0 Å². The minimum absolute atomic E-state index is 0.249. The van der Waals surface area contributed by atoms with Gasteiger partial charge in [0, 0.05) is 5.69 Å². The van der Waals surface area contributed by atoms with E-state index >= 15 is 0 Å². The highest BCUT2D eigenvalue weighted by molar-refractivity contribution is 7.85. The normalized spacial score (nSPS) is 10.8. The first-order chi connectivity index (χ1) is 6.93. The van der Waals surface area contributed by atoms with E-state index in [9.17, 15) is 13.2 Å². The molecule has 15 heavy (non-hydrogen) atoms. The fourth-order valence-electron chi connectivity index (χ4n) is 0.877. The van der Waals surface area contributed by atoms with Crippen LogP contribution in [-0.2, 0) is 10.1 Å². The van der Waals surface area contributed by atoms with Crippen LogP contribution in [0.25, 0.3) is 0 Å². The van der Waals surface area contributed by atoms with Gasteiger partial charge in [0.2, 0.25) is 0 Å². The Morgan fingerprint density at radius 2 is 1.80 bits per heavy atom. The molecule has 1 aromatic rings. The number of rotatable bonds is 2. The molecule has 1 rings (SSSR count). The Hall–Kier alpha value is -1.64. The van der Waals surface area contributed by atoms with E-state index in [2.05, 4.69) is 5.32 Å². The topological polar surface area (TPSA) is 122 Å². The lowest BCUT2D eigenvalue weighted by molar-refractivity contribution is 0.252. The number of hydrogen-bond donors (Lipinski definition) is 4. The number of carbonyl (C=O) groups excluding carboxylic acids is 1. The van der Waals surface area contributed by atoms with E-state index in [0.717, 1.165) is 12.1 Å². The van der Waals surface area contributed by atoms with E-state index in [1.807, 2.05) is 5.43 Å². The Morgan fingerprint density at radius 3 is 2.20 bits per heavy atom. The molecule has 8 heteroatoms. The van der Waals surface area contributed by atoms with Crippen LogP contribution in [-0.4, -0.2) is 19.0 Å². The first-order valence-corrected chi connectivity index (χ1v) is 5.22. The van der Waals surface area contributed by atoms with Gasteiger partial charge in [-0.1, -0.05) is 0 Å². The summed E-state index contributed by atoms with van der Waals surface area (Å²) >= 11 is 0. The van der Waals surface area contributed by atoms with Crippen LogP contribution in [0.3, 0.4) is 0 Å². The van der Waals surface area contributed by atoms with Gasteiger partial charge in [-0.2, -0.15) is 8.42 Å². The van der Waals surface area contributed by atoms with Crippen LogP contribution in [0.2, 0.25) is 0 Å². The number of carbonyl (C=O) groups is 1. The van der Waals surface area contributed by atoms with Gasteiger partial charge in [-0.15, -0.1) is 0 Å². The van der Waals surface area contributed by atoms with Crippen molar-refractivity contribution in [3.63, 3.8) is 0 Å². The lowest BCUT2D eigenvalue weighted by atomic mass is 10.3. The summed E-state index contributed by atoms with van der Waals surface area (Å²) in [6.45, 7) is 0. The monoisotopic (exact) mass is 231 g/mol. The Labute approximate surface area is 86.0 Å². The standard InChI is InChI=1S/C7H9N3O4S/c8-10-7(11)9-5-1-3-6(4-2-5)15(12,13)14/h1-4H,8H2,(H2,9,10,11)(H,12,13,14). The number of urea groups is 1. The third kappa shape index (κ3) is 3.20. The van der Waals surface area contributed by atoms with Crippen molar-refractivity contribution in [2.75, 3.05) is 5.32 Å². The third-order valence-corrected chi connectivity index (χ3v) is 2.41. The van der Waals surface area contributed by atoms with E-state index in [4.69, 9.17) is 10.4 Å². The zero-order chi connectivity index (χ0) is 11.5. The minimum atomic E-state index is -4.21. The zero-order valence-corrected chi connectivity index (χ0v) is 8.28. The molecule has 0 aliphatic heterocycles. The molecule has 5 N–H and O–H groups in total. The van der Waals surface area contributed by atoms with Gasteiger partial charge in [0.1, 0.15) is 0 Å². The fourth-order valence-corrected chi connectivity index (χ4v) is 1.36. The molecule has 0 heterocycles. The Balaban J connectivity index is 2.86. The van der Waals surface area contributed by atoms with Crippen LogP contribution in [0.5, 0.6) is 0 Å². The number of nitrogens with one attached hydrogen (secondary N) is 2. The summed E-state index contributed by atoms with van der Waals surface area (Å²) in [5.74, 6) is 4.82. The third-order valence-electron chi connectivity index (χ3n) is 1.54. The maximum atomic E-state index is 10.7.